The van der Waals surface area contributed by atoms with E-state index in [2.05, 4.69) is 52.2 Å². The molecule has 2 rings (SSSR count). The summed E-state index contributed by atoms with van der Waals surface area (Å²) in [4.78, 5) is 3.99. The molecule has 0 aliphatic heterocycles. The van der Waals surface area contributed by atoms with Crippen LogP contribution in [0.3, 0.4) is 0 Å². The number of allylic oxidation sites excluding steroid dienone is 2. The zero-order chi connectivity index (χ0) is 28.6. The highest BCUT2D eigenvalue weighted by molar-refractivity contribution is 9.09. The van der Waals surface area contributed by atoms with Gasteiger partial charge in [-0.25, -0.2) is 4.89 Å². The van der Waals surface area contributed by atoms with Gasteiger partial charge >= 0.3 is 0 Å². The normalized spacial score (nSPS) is 10.2. The van der Waals surface area contributed by atoms with Gasteiger partial charge in [-0.1, -0.05) is 40.2 Å². The Morgan fingerprint density at radius 3 is 1.73 bits per heavy atom. The van der Waals surface area contributed by atoms with Crippen LogP contribution in [0.15, 0.2) is 61.7 Å². The van der Waals surface area contributed by atoms with Gasteiger partial charge in [0.15, 0.2) is 0 Å². The Hall–Kier alpha value is -1.76. The highest BCUT2D eigenvalue weighted by Crippen LogP contribution is 2.38. The second-order valence-corrected chi connectivity index (χ2v) is 8.80. The molecule has 0 aromatic heterocycles. The van der Waals surface area contributed by atoms with Crippen LogP contribution in [0.2, 0.25) is 0 Å². The fourth-order valence-corrected chi connectivity index (χ4v) is 3.65. The van der Waals surface area contributed by atoms with Crippen molar-refractivity contribution < 1.29 is 55.9 Å². The molecule has 2 N–H and O–H groups in total. The third-order valence-electron chi connectivity index (χ3n) is 5.07. The summed E-state index contributed by atoms with van der Waals surface area (Å²) in [6.07, 6.45) is 5.32. The first-order valence-electron chi connectivity index (χ1n) is 13.0. The monoisotopic (exact) mass is 689 g/mol. The van der Waals surface area contributed by atoms with E-state index in [-0.39, 0.29) is 30.2 Å². The lowest BCUT2D eigenvalue weighted by molar-refractivity contribution is -0.249. The molecule has 2 aromatic rings. The number of aliphatic hydroxyl groups excluding tert-OH is 1. The molecule has 0 amide bonds. The second-order valence-electron chi connectivity index (χ2n) is 8.01. The van der Waals surface area contributed by atoms with E-state index < -0.39 is 0 Å². The van der Waals surface area contributed by atoms with Crippen LogP contribution in [0.4, 0.5) is 0 Å². The average Bonchev–Trinajstić information content (AvgIpc) is 2.95. The molecule has 0 bridgehead atoms. The molecule has 0 spiro atoms. The lowest BCUT2D eigenvalue weighted by Crippen LogP contribution is -3.00. The number of ether oxygens (including phenoxy) is 5. The predicted octanol–water partition coefficient (Wildman–Crippen LogP) is 2.51. The molecule has 0 aliphatic rings. The Bertz CT molecular complexity index is 919. The lowest BCUT2D eigenvalue weighted by atomic mass is 9.97. The van der Waals surface area contributed by atoms with E-state index in [1.807, 2.05) is 37.3 Å². The highest BCUT2D eigenvalue weighted by Gasteiger charge is 2.14. The largest absolute Gasteiger partial charge is 1.00 e. The Morgan fingerprint density at radius 1 is 0.725 bits per heavy atom. The van der Waals surface area contributed by atoms with Crippen LogP contribution in [-0.2, 0) is 31.9 Å². The summed E-state index contributed by atoms with van der Waals surface area (Å²) in [5.74, 6) is 1.58. The predicted molar refractivity (Wildman–Crippen MR) is 158 cm³/mol. The molecule has 2 aromatic carbocycles. The molecule has 0 unspecified atom stereocenters. The topological polar surface area (TPSA) is 95.8 Å². The summed E-state index contributed by atoms with van der Waals surface area (Å²) in [5, 5.41) is 17.5. The van der Waals surface area contributed by atoms with E-state index in [1.165, 1.54) is 0 Å². The molecular weight excluding hydrogens is 648 g/mol. The first-order chi connectivity index (χ1) is 19.1. The number of aliphatic hydroxyl groups is 1. The summed E-state index contributed by atoms with van der Waals surface area (Å²) in [6, 6.07) is 12.3. The molecule has 0 saturated heterocycles. The van der Waals surface area contributed by atoms with E-state index in [4.69, 9.17) is 34.0 Å². The molecular formula is C30H43Br2O8-. The third kappa shape index (κ3) is 16.5. The standard InChI is InChI=1S/C24H30O5.C6H13BrO3.BrH/c1-4-7-19-9-11-23(27-6-3)21(17-19)22-18-20(8-5-2)10-12-24(22)28-15-13-26-14-16-29-25;7-1-3-9-5-6-10-4-2-8;/h4-5,9-12,17-18,25H,1-2,6-8,13-16H2,3H3;8H,1-6H2;1H/p-1. The van der Waals surface area contributed by atoms with E-state index in [0.717, 1.165) is 51.9 Å². The number of hydrogen-bond acceptors (Lipinski definition) is 8. The van der Waals surface area contributed by atoms with E-state index >= 15 is 0 Å². The van der Waals surface area contributed by atoms with Crippen molar-refractivity contribution in [3.05, 3.63) is 72.8 Å². The van der Waals surface area contributed by atoms with Crippen LogP contribution in [-0.4, -0.2) is 81.8 Å². The van der Waals surface area contributed by atoms with Gasteiger partial charge in [0.05, 0.1) is 52.9 Å². The van der Waals surface area contributed by atoms with Crippen molar-refractivity contribution in [1.29, 1.82) is 0 Å². The zero-order valence-electron chi connectivity index (χ0n) is 23.3. The Balaban J connectivity index is 0.00000118. The summed E-state index contributed by atoms with van der Waals surface area (Å²) >= 11 is 3.23. The Kier molecular flexibility index (Phi) is 25.0. The van der Waals surface area contributed by atoms with Crippen molar-refractivity contribution >= 4 is 15.9 Å². The molecule has 8 nitrogen and oxygen atoms in total. The molecule has 0 saturated carbocycles. The first-order valence-corrected chi connectivity index (χ1v) is 14.2. The maximum absolute atomic E-state index is 8.33. The van der Waals surface area contributed by atoms with Gasteiger partial charge in [-0.05, 0) is 55.2 Å². The molecule has 226 valence electrons. The number of alkyl halides is 1. The van der Waals surface area contributed by atoms with Gasteiger partial charge in [0.2, 0.25) is 0 Å². The Morgan fingerprint density at radius 2 is 1.23 bits per heavy atom. The minimum Gasteiger partial charge on any atom is -1.00 e. The minimum atomic E-state index is 0. The molecule has 10 heteroatoms. The SMILES string of the molecule is C=CCc1ccc(OCC)c(-c2cc(CC=C)ccc2OCCOCCOO)c1.OCCOCCOCCBr.[Br-]. The van der Waals surface area contributed by atoms with Crippen LogP contribution in [0.5, 0.6) is 11.5 Å². The van der Waals surface area contributed by atoms with Crippen LogP contribution in [0.25, 0.3) is 11.1 Å². The number of benzene rings is 2. The van der Waals surface area contributed by atoms with Crippen molar-refractivity contribution in [2.45, 2.75) is 19.8 Å². The number of halogens is 2. The smallest absolute Gasteiger partial charge is 0.127 e. The highest BCUT2D eigenvalue weighted by atomic mass is 79.9. The quantitative estimate of drug-likeness (QED) is 0.0679. The second kappa shape index (κ2) is 26.2. The fraction of sp³-hybridized carbons (Fsp3) is 0.467. The maximum atomic E-state index is 8.33. The Labute approximate surface area is 257 Å². The third-order valence-corrected chi connectivity index (χ3v) is 5.40. The molecule has 0 heterocycles. The van der Waals surface area contributed by atoms with Crippen LogP contribution in [0.1, 0.15) is 18.1 Å². The summed E-state index contributed by atoms with van der Waals surface area (Å²) in [7, 11) is 0. The van der Waals surface area contributed by atoms with Crippen molar-refractivity contribution in [3.63, 3.8) is 0 Å². The van der Waals surface area contributed by atoms with Crippen LogP contribution < -0.4 is 26.5 Å². The molecule has 0 atom stereocenters. The summed E-state index contributed by atoms with van der Waals surface area (Å²) in [5.41, 5.74) is 4.26. The van der Waals surface area contributed by atoms with Gasteiger partial charge in [0.25, 0.3) is 0 Å². The molecule has 0 radical (unpaired) electrons. The molecule has 0 aliphatic carbocycles. The van der Waals surface area contributed by atoms with Crippen molar-refractivity contribution in [1.82, 2.24) is 0 Å². The van der Waals surface area contributed by atoms with Gasteiger partial charge in [0.1, 0.15) is 24.7 Å². The van der Waals surface area contributed by atoms with Gasteiger partial charge in [-0.15, -0.1) is 13.2 Å². The van der Waals surface area contributed by atoms with E-state index in [9.17, 15) is 0 Å². The number of rotatable bonds is 21. The van der Waals surface area contributed by atoms with Crippen molar-refractivity contribution in [2.24, 2.45) is 0 Å². The van der Waals surface area contributed by atoms with E-state index in [0.29, 0.717) is 52.9 Å². The van der Waals surface area contributed by atoms with Gasteiger partial charge < -0.3 is 45.8 Å². The van der Waals surface area contributed by atoms with Gasteiger partial charge in [0, 0.05) is 16.5 Å². The lowest BCUT2D eigenvalue weighted by Gasteiger charge is -2.17. The van der Waals surface area contributed by atoms with Crippen LogP contribution >= 0.6 is 15.9 Å². The number of hydrogen-bond donors (Lipinski definition) is 2. The maximum Gasteiger partial charge on any atom is 0.127 e. The molecule has 40 heavy (non-hydrogen) atoms. The molecule has 0 fully saturated rings. The van der Waals surface area contributed by atoms with E-state index in [1.54, 1.807) is 0 Å². The summed E-state index contributed by atoms with van der Waals surface area (Å²) in [6.45, 7) is 13.8. The van der Waals surface area contributed by atoms with Gasteiger partial charge in [-0.3, -0.25) is 5.26 Å². The van der Waals surface area contributed by atoms with Gasteiger partial charge in [-0.2, -0.15) is 0 Å². The zero-order valence-corrected chi connectivity index (χ0v) is 26.5. The van der Waals surface area contributed by atoms with Crippen molar-refractivity contribution in [3.8, 4) is 22.6 Å². The summed E-state index contributed by atoms with van der Waals surface area (Å²) < 4.78 is 27.3. The first kappa shape index (κ1) is 38.2. The average molecular weight is 691 g/mol. The van der Waals surface area contributed by atoms with Crippen LogP contribution in [0, 0.1) is 0 Å². The fourth-order valence-electron chi connectivity index (χ4n) is 3.42. The van der Waals surface area contributed by atoms with Crippen molar-refractivity contribution in [2.75, 3.05) is 71.4 Å². The minimum absolute atomic E-state index is 0.